The van der Waals surface area contributed by atoms with Crippen LogP contribution in [0.15, 0.2) is 41.8 Å². The molecule has 1 aliphatic rings. The normalized spacial score (nSPS) is 14.6. The largest absolute Gasteiger partial charge is 0.573 e. The van der Waals surface area contributed by atoms with Gasteiger partial charge in [0.15, 0.2) is 10.9 Å². The summed E-state index contributed by atoms with van der Waals surface area (Å²) >= 11 is 1.22. The van der Waals surface area contributed by atoms with Gasteiger partial charge in [-0.3, -0.25) is 9.59 Å². The van der Waals surface area contributed by atoms with E-state index in [2.05, 4.69) is 14.7 Å². The summed E-state index contributed by atoms with van der Waals surface area (Å²) in [6, 6.07) is 1.53. The van der Waals surface area contributed by atoms with E-state index in [0.29, 0.717) is 18.0 Å². The molecule has 0 radical (unpaired) electrons. The molecule has 1 fully saturated rings. The van der Waals surface area contributed by atoms with E-state index in [0.717, 1.165) is 41.6 Å². The summed E-state index contributed by atoms with van der Waals surface area (Å²) in [5.41, 5.74) is -0.214. The average molecular weight is 454 g/mol. The number of carbonyl (C=O) groups excluding carboxylic acids is 3. The Morgan fingerprint density at radius 1 is 1.13 bits per heavy atom. The highest BCUT2D eigenvalue weighted by Gasteiger charge is 2.42. The second kappa shape index (κ2) is 8.92. The molecule has 1 aromatic carbocycles. The molecule has 31 heavy (non-hydrogen) atoms. The van der Waals surface area contributed by atoms with E-state index in [9.17, 15) is 32.7 Å². The predicted molar refractivity (Wildman–Crippen MR) is 99.3 cm³/mol. The van der Waals surface area contributed by atoms with Gasteiger partial charge in [-0.2, -0.15) is 0 Å². The highest BCUT2D eigenvalue weighted by molar-refractivity contribution is 7.98. The fraction of sp³-hybridized carbons (Fsp3) is 0.316. The molecule has 164 valence electrons. The van der Waals surface area contributed by atoms with Crippen molar-refractivity contribution in [2.45, 2.75) is 36.4 Å². The fourth-order valence-corrected chi connectivity index (χ4v) is 3.16. The van der Waals surface area contributed by atoms with Crippen LogP contribution in [0.3, 0.4) is 0 Å². The number of halogens is 3. The van der Waals surface area contributed by atoms with Crippen molar-refractivity contribution in [1.29, 1.82) is 0 Å². The lowest BCUT2D eigenvalue weighted by Gasteiger charge is -2.31. The second-order valence-electron chi connectivity index (χ2n) is 6.56. The maximum Gasteiger partial charge on any atom is 0.573 e. The number of hydrogen-bond donors (Lipinski definition) is 0. The van der Waals surface area contributed by atoms with Crippen molar-refractivity contribution in [2.24, 2.45) is 0 Å². The number of alkyl halides is 3. The molecule has 2 aromatic rings. The number of thioether (sulfide) groups is 1. The molecule has 1 heterocycles. The van der Waals surface area contributed by atoms with E-state index in [1.54, 1.807) is 6.26 Å². The standard InChI is InChI=1S/C19H16F3N3O5S/c1-31-18-23-8-11(9-24-18)15(26)14(17(28)29)25(12-4-5-12)16(27)10-2-6-13(7-3-10)30-19(20,21)22/h2-3,6-9,12,14H,4-5H2,1H3,(H,28,29)/p-1. The van der Waals surface area contributed by atoms with Crippen LogP contribution in [0.4, 0.5) is 13.2 Å². The lowest BCUT2D eigenvalue weighted by atomic mass is 10.0. The minimum atomic E-state index is -4.90. The Labute approximate surface area is 178 Å². The Bertz CT molecular complexity index is 979. The molecule has 12 heteroatoms. The van der Waals surface area contributed by atoms with E-state index >= 15 is 0 Å². The number of ketones is 1. The number of amides is 1. The van der Waals surface area contributed by atoms with Crippen LogP contribution < -0.4 is 9.84 Å². The quantitative estimate of drug-likeness (QED) is 0.256. The molecule has 1 atom stereocenters. The number of aromatic nitrogens is 2. The SMILES string of the molecule is CSc1ncc(C(=O)C(C(=O)[O-])N(C(=O)c2ccc(OC(F)(F)F)cc2)C2CC2)cn1. The van der Waals surface area contributed by atoms with Crippen molar-refractivity contribution in [1.82, 2.24) is 14.9 Å². The van der Waals surface area contributed by atoms with Gasteiger partial charge in [0.1, 0.15) is 11.8 Å². The smallest absolute Gasteiger partial charge is 0.547 e. The number of ether oxygens (including phenoxy) is 1. The van der Waals surface area contributed by atoms with Crippen LogP contribution in [-0.4, -0.2) is 57.2 Å². The van der Waals surface area contributed by atoms with Crippen LogP contribution in [0, 0.1) is 0 Å². The highest BCUT2D eigenvalue weighted by atomic mass is 32.2. The first-order valence-electron chi connectivity index (χ1n) is 8.90. The van der Waals surface area contributed by atoms with Gasteiger partial charge in [-0.05, 0) is 43.4 Å². The van der Waals surface area contributed by atoms with Crippen molar-refractivity contribution in [3.05, 3.63) is 47.8 Å². The molecular weight excluding hydrogens is 439 g/mol. The Kier molecular flexibility index (Phi) is 6.48. The zero-order valence-corrected chi connectivity index (χ0v) is 16.8. The lowest BCUT2D eigenvalue weighted by molar-refractivity contribution is -0.308. The average Bonchev–Trinajstić information content (AvgIpc) is 3.55. The number of carboxylic acids is 1. The first kappa shape index (κ1) is 22.5. The molecule has 0 bridgehead atoms. The second-order valence-corrected chi connectivity index (χ2v) is 7.33. The molecule has 0 N–H and O–H groups in total. The van der Waals surface area contributed by atoms with Gasteiger partial charge in [0.25, 0.3) is 5.91 Å². The van der Waals surface area contributed by atoms with Crippen molar-refractivity contribution < 1.29 is 37.4 Å². The van der Waals surface area contributed by atoms with Gasteiger partial charge >= 0.3 is 6.36 Å². The van der Waals surface area contributed by atoms with Crippen LogP contribution in [-0.2, 0) is 4.79 Å². The zero-order valence-electron chi connectivity index (χ0n) is 16.0. The first-order chi connectivity index (χ1) is 14.6. The van der Waals surface area contributed by atoms with Crippen molar-refractivity contribution in [3.8, 4) is 5.75 Å². The van der Waals surface area contributed by atoms with E-state index in [-0.39, 0.29) is 11.1 Å². The summed E-state index contributed by atoms with van der Waals surface area (Å²) in [5.74, 6) is -4.08. The highest BCUT2D eigenvalue weighted by Crippen LogP contribution is 2.32. The number of carboxylic acid groups (broad SMARTS) is 1. The zero-order chi connectivity index (χ0) is 22.8. The maximum absolute atomic E-state index is 13.0. The van der Waals surface area contributed by atoms with Crippen LogP contribution >= 0.6 is 11.8 Å². The van der Waals surface area contributed by atoms with Crippen LogP contribution in [0.1, 0.15) is 33.6 Å². The summed E-state index contributed by atoms with van der Waals surface area (Å²) in [7, 11) is 0. The Morgan fingerprint density at radius 3 is 2.16 bits per heavy atom. The van der Waals surface area contributed by atoms with Crippen LogP contribution in [0.25, 0.3) is 0 Å². The van der Waals surface area contributed by atoms with Crippen LogP contribution in [0.5, 0.6) is 5.75 Å². The van der Waals surface area contributed by atoms with E-state index in [1.807, 2.05) is 0 Å². The van der Waals surface area contributed by atoms with Crippen molar-refractivity contribution in [2.75, 3.05) is 6.26 Å². The number of carbonyl (C=O) groups is 3. The number of rotatable bonds is 8. The molecule has 0 spiro atoms. The molecule has 1 aromatic heterocycles. The van der Waals surface area contributed by atoms with Gasteiger partial charge in [0.2, 0.25) is 0 Å². The minimum Gasteiger partial charge on any atom is -0.547 e. The Morgan fingerprint density at radius 2 is 1.71 bits per heavy atom. The third kappa shape index (κ3) is 5.51. The summed E-state index contributed by atoms with van der Waals surface area (Å²) in [6.45, 7) is 0. The van der Waals surface area contributed by atoms with E-state index in [1.165, 1.54) is 11.8 Å². The molecular formula is C19H15F3N3O5S-. The summed E-state index contributed by atoms with van der Waals surface area (Å²) in [4.78, 5) is 46.4. The van der Waals surface area contributed by atoms with E-state index < -0.39 is 41.9 Å². The number of benzene rings is 1. The van der Waals surface area contributed by atoms with Gasteiger partial charge in [-0.25, -0.2) is 9.97 Å². The van der Waals surface area contributed by atoms with Gasteiger partial charge in [-0.15, -0.1) is 13.2 Å². The maximum atomic E-state index is 13.0. The lowest BCUT2D eigenvalue weighted by Crippen LogP contribution is -2.55. The number of aliphatic carboxylic acids is 1. The summed E-state index contributed by atoms with van der Waals surface area (Å²) in [6.07, 6.45) is 0.0944. The van der Waals surface area contributed by atoms with Gasteiger partial charge in [-0.1, -0.05) is 11.8 Å². The molecule has 0 aliphatic heterocycles. The molecule has 0 saturated heterocycles. The summed E-state index contributed by atoms with van der Waals surface area (Å²) in [5, 5.41) is 12.2. The monoisotopic (exact) mass is 454 g/mol. The van der Waals surface area contributed by atoms with Gasteiger partial charge in [0.05, 0.1) is 11.5 Å². The number of hydrogen-bond acceptors (Lipinski definition) is 8. The van der Waals surface area contributed by atoms with Crippen molar-refractivity contribution in [3.63, 3.8) is 0 Å². The van der Waals surface area contributed by atoms with E-state index in [4.69, 9.17) is 0 Å². The van der Waals surface area contributed by atoms with Gasteiger partial charge < -0.3 is 19.5 Å². The Balaban J connectivity index is 1.88. The van der Waals surface area contributed by atoms with Gasteiger partial charge in [0, 0.05) is 24.0 Å². The topological polar surface area (TPSA) is 113 Å². The molecule has 1 aliphatic carbocycles. The number of Topliss-reactive ketones (excluding diaryl/α,β-unsaturated/α-hetero) is 1. The first-order valence-corrected chi connectivity index (χ1v) is 10.1. The molecule has 1 unspecified atom stereocenters. The molecule has 1 saturated carbocycles. The molecule has 8 nitrogen and oxygen atoms in total. The number of nitrogens with zero attached hydrogens (tertiary/aromatic N) is 3. The summed E-state index contributed by atoms with van der Waals surface area (Å²) < 4.78 is 40.7. The Hall–Kier alpha value is -3.15. The predicted octanol–water partition coefficient (Wildman–Crippen LogP) is 1.70. The fourth-order valence-electron chi connectivity index (χ4n) is 2.85. The van der Waals surface area contributed by atoms with Crippen LogP contribution in [0.2, 0.25) is 0 Å². The minimum absolute atomic E-state index is 0.102. The van der Waals surface area contributed by atoms with Crippen molar-refractivity contribution >= 4 is 29.4 Å². The molecule has 3 rings (SSSR count). The third-order valence-corrected chi connectivity index (χ3v) is 4.93. The molecule has 1 amide bonds. The third-order valence-electron chi connectivity index (χ3n) is 4.35.